The van der Waals surface area contributed by atoms with E-state index in [9.17, 15) is 18.0 Å². The van der Waals surface area contributed by atoms with Gasteiger partial charge >= 0.3 is 6.18 Å². The van der Waals surface area contributed by atoms with Crippen LogP contribution in [0.4, 0.5) is 13.2 Å². The van der Waals surface area contributed by atoms with Crippen molar-refractivity contribution in [1.29, 1.82) is 0 Å². The third-order valence-electron chi connectivity index (χ3n) is 3.90. The van der Waals surface area contributed by atoms with Crippen LogP contribution in [-0.2, 0) is 10.9 Å². The molecule has 2 aromatic heterocycles. The van der Waals surface area contributed by atoms with Crippen molar-refractivity contribution in [1.82, 2.24) is 20.3 Å². The van der Waals surface area contributed by atoms with Gasteiger partial charge in [-0.3, -0.25) is 4.79 Å². The first-order valence-electron chi connectivity index (χ1n) is 8.19. The molecule has 2 heterocycles. The summed E-state index contributed by atoms with van der Waals surface area (Å²) in [6.07, 6.45) is -2.35. The van der Waals surface area contributed by atoms with Crippen LogP contribution in [0.15, 0.2) is 36.5 Å². The highest BCUT2D eigenvalue weighted by Crippen LogP contribution is 2.32. The van der Waals surface area contributed by atoms with Crippen LogP contribution >= 0.6 is 12.4 Å². The van der Waals surface area contributed by atoms with Crippen molar-refractivity contribution in [2.75, 3.05) is 20.3 Å². The van der Waals surface area contributed by atoms with Crippen LogP contribution in [-0.4, -0.2) is 41.1 Å². The summed E-state index contributed by atoms with van der Waals surface area (Å²) in [6, 6.07) is 6.33. The smallest absolute Gasteiger partial charge is 0.385 e. The molecule has 0 atom stereocenters. The number of alkyl halides is 3. The molecule has 1 amide bonds. The Morgan fingerprint density at radius 1 is 1.29 bits per heavy atom. The zero-order valence-electron chi connectivity index (χ0n) is 14.8. The number of rotatable bonds is 6. The van der Waals surface area contributed by atoms with Gasteiger partial charge in [0.15, 0.2) is 5.65 Å². The van der Waals surface area contributed by atoms with Crippen molar-refractivity contribution >= 4 is 29.5 Å². The Labute approximate surface area is 164 Å². The third-order valence-corrected chi connectivity index (χ3v) is 3.90. The van der Waals surface area contributed by atoms with E-state index in [4.69, 9.17) is 4.74 Å². The van der Waals surface area contributed by atoms with E-state index < -0.39 is 11.7 Å². The number of hydrogen-bond acceptors (Lipinski definition) is 4. The molecule has 0 fully saturated rings. The zero-order chi connectivity index (χ0) is 19.4. The third kappa shape index (κ3) is 4.79. The number of amides is 1. The summed E-state index contributed by atoms with van der Waals surface area (Å²) in [5.41, 5.74) is 0.409. The van der Waals surface area contributed by atoms with Crippen LogP contribution in [0.1, 0.15) is 22.3 Å². The zero-order valence-corrected chi connectivity index (χ0v) is 15.7. The van der Waals surface area contributed by atoms with Crippen LogP contribution in [0.25, 0.3) is 22.6 Å². The van der Waals surface area contributed by atoms with Crippen molar-refractivity contribution in [3.8, 4) is 11.4 Å². The first-order valence-corrected chi connectivity index (χ1v) is 8.19. The van der Waals surface area contributed by atoms with Gasteiger partial charge in [0.25, 0.3) is 5.91 Å². The number of pyridine rings is 1. The maximum Gasteiger partial charge on any atom is 0.416 e. The Kier molecular flexibility index (Phi) is 6.98. The lowest BCUT2D eigenvalue weighted by atomic mass is 10.1. The van der Waals surface area contributed by atoms with Crippen LogP contribution in [0, 0.1) is 0 Å². The molecule has 0 aliphatic carbocycles. The SMILES string of the molecule is COCCCNC(=O)c1ccnc2[nH]c(-c3cccc(C(F)(F)F)c3)nc12.Cl. The Morgan fingerprint density at radius 3 is 2.79 bits per heavy atom. The average Bonchev–Trinajstić information content (AvgIpc) is 3.09. The lowest BCUT2D eigenvalue weighted by Crippen LogP contribution is -2.25. The molecule has 0 saturated carbocycles. The fourth-order valence-corrected chi connectivity index (χ4v) is 2.59. The van der Waals surface area contributed by atoms with Crippen molar-refractivity contribution in [2.45, 2.75) is 12.6 Å². The number of carbonyl (C=O) groups excluding carboxylic acids is 1. The average molecular weight is 415 g/mol. The molecule has 10 heteroatoms. The van der Waals surface area contributed by atoms with Crippen LogP contribution in [0.2, 0.25) is 0 Å². The summed E-state index contributed by atoms with van der Waals surface area (Å²) in [7, 11) is 1.58. The van der Waals surface area contributed by atoms with Crippen LogP contribution in [0.5, 0.6) is 0 Å². The number of imidazole rings is 1. The van der Waals surface area contributed by atoms with Gasteiger partial charge in [-0.1, -0.05) is 12.1 Å². The molecule has 0 aliphatic heterocycles. The first-order chi connectivity index (χ1) is 12.9. The minimum Gasteiger partial charge on any atom is -0.385 e. The van der Waals surface area contributed by atoms with Crippen molar-refractivity contribution in [3.63, 3.8) is 0 Å². The molecule has 0 saturated heterocycles. The summed E-state index contributed by atoms with van der Waals surface area (Å²) in [5.74, 6) is -0.121. The van der Waals surface area contributed by atoms with Crippen LogP contribution in [0.3, 0.4) is 0 Å². The number of aromatic nitrogens is 3. The van der Waals surface area contributed by atoms with E-state index in [2.05, 4.69) is 20.3 Å². The van der Waals surface area contributed by atoms with Crippen LogP contribution < -0.4 is 5.32 Å². The number of nitrogens with one attached hydrogen (secondary N) is 2. The molecular weight excluding hydrogens is 397 g/mol. The van der Waals surface area contributed by atoms with E-state index in [-0.39, 0.29) is 29.7 Å². The number of benzene rings is 1. The number of halogens is 4. The Hall–Kier alpha value is -2.65. The van der Waals surface area contributed by atoms with E-state index in [1.807, 2.05) is 0 Å². The number of H-pyrrole nitrogens is 1. The number of ether oxygens (including phenoxy) is 1. The largest absolute Gasteiger partial charge is 0.416 e. The van der Waals surface area contributed by atoms with Gasteiger partial charge in [0.2, 0.25) is 0 Å². The number of methoxy groups -OCH3 is 1. The molecule has 6 nitrogen and oxygen atoms in total. The Morgan fingerprint density at radius 2 is 2.07 bits per heavy atom. The standard InChI is InChI=1S/C18H17F3N4O2.ClH/c1-27-9-3-7-23-17(26)13-6-8-22-16-14(13)24-15(25-16)11-4-2-5-12(10-11)18(19,20)21;/h2,4-6,8,10H,3,7,9H2,1H3,(H,23,26)(H,22,24,25);1H. The molecule has 0 unspecified atom stereocenters. The first kappa shape index (κ1) is 21.6. The van der Waals surface area contributed by atoms with E-state index in [0.717, 1.165) is 12.1 Å². The normalized spacial score (nSPS) is 11.3. The van der Waals surface area contributed by atoms with Crippen molar-refractivity contribution < 1.29 is 22.7 Å². The number of fused-ring (bicyclic) bond motifs is 1. The van der Waals surface area contributed by atoms with Crippen molar-refractivity contribution in [2.24, 2.45) is 0 Å². The minimum absolute atomic E-state index is 0. The molecule has 3 rings (SSSR count). The molecule has 0 radical (unpaired) electrons. The highest BCUT2D eigenvalue weighted by Gasteiger charge is 2.30. The predicted octanol–water partition coefficient (Wildman–Crippen LogP) is 3.83. The lowest BCUT2D eigenvalue weighted by molar-refractivity contribution is -0.137. The van der Waals surface area contributed by atoms with E-state index in [1.54, 1.807) is 7.11 Å². The summed E-state index contributed by atoms with van der Waals surface area (Å²) in [6.45, 7) is 0.954. The second-order valence-corrected chi connectivity index (χ2v) is 5.82. The summed E-state index contributed by atoms with van der Waals surface area (Å²) < 4.78 is 43.7. The number of hydrogen-bond donors (Lipinski definition) is 2. The monoisotopic (exact) mass is 414 g/mol. The Balaban J connectivity index is 0.00000280. The highest BCUT2D eigenvalue weighted by molar-refractivity contribution is 6.04. The number of carbonyl (C=O) groups is 1. The van der Waals surface area contributed by atoms with E-state index >= 15 is 0 Å². The lowest BCUT2D eigenvalue weighted by Gasteiger charge is -2.07. The fraction of sp³-hybridized carbons (Fsp3) is 0.278. The number of aromatic amines is 1. The predicted molar refractivity (Wildman–Crippen MR) is 100 cm³/mol. The molecule has 0 spiro atoms. The van der Waals surface area contributed by atoms with Crippen molar-refractivity contribution in [3.05, 3.63) is 47.7 Å². The Bertz CT molecular complexity index is 959. The molecule has 0 bridgehead atoms. The second kappa shape index (κ2) is 9.03. The van der Waals surface area contributed by atoms with Gasteiger partial charge in [0, 0.05) is 32.0 Å². The second-order valence-electron chi connectivity index (χ2n) is 5.82. The fourth-order valence-electron chi connectivity index (χ4n) is 2.59. The highest BCUT2D eigenvalue weighted by atomic mass is 35.5. The molecular formula is C18H18ClF3N4O2. The summed E-state index contributed by atoms with van der Waals surface area (Å²) >= 11 is 0. The summed E-state index contributed by atoms with van der Waals surface area (Å²) in [4.78, 5) is 23.7. The summed E-state index contributed by atoms with van der Waals surface area (Å²) in [5, 5.41) is 2.75. The number of nitrogens with zero attached hydrogens (tertiary/aromatic N) is 2. The van der Waals surface area contributed by atoms with Gasteiger partial charge in [0.05, 0.1) is 11.1 Å². The van der Waals surface area contributed by atoms with Gasteiger partial charge in [-0.25, -0.2) is 9.97 Å². The molecule has 1 aromatic carbocycles. The topological polar surface area (TPSA) is 79.9 Å². The van der Waals surface area contributed by atoms with Gasteiger partial charge in [-0.2, -0.15) is 13.2 Å². The minimum atomic E-state index is -4.45. The van der Waals surface area contributed by atoms with Gasteiger partial charge in [-0.05, 0) is 24.6 Å². The molecule has 0 aliphatic rings. The van der Waals surface area contributed by atoms with Gasteiger partial charge < -0.3 is 15.0 Å². The molecule has 3 aromatic rings. The maximum atomic E-state index is 12.9. The molecule has 150 valence electrons. The van der Waals surface area contributed by atoms with E-state index in [1.165, 1.54) is 24.4 Å². The maximum absolute atomic E-state index is 12.9. The quantitative estimate of drug-likeness (QED) is 0.601. The van der Waals surface area contributed by atoms with E-state index in [0.29, 0.717) is 36.3 Å². The van der Waals surface area contributed by atoms with Gasteiger partial charge in [-0.15, -0.1) is 12.4 Å². The van der Waals surface area contributed by atoms with Gasteiger partial charge in [0.1, 0.15) is 11.3 Å². The molecule has 28 heavy (non-hydrogen) atoms. The molecule has 2 N–H and O–H groups in total.